The molecule has 28 heavy (non-hydrogen) atoms. The Balaban J connectivity index is 1.91. The maximum Gasteiger partial charge on any atom is 0.228 e. The Morgan fingerprint density at radius 1 is 0.679 bits per heavy atom. The Kier molecular flexibility index (Phi) is 5.27. The minimum absolute atomic E-state index is 0.184. The standard InChI is InChI=1S/C23H13Cl3O2/c24-17-10-6-15(7-11-17)21(27)23-19(14-4-2-1-3-5-14)20(26)22(28-23)16-8-12-18(25)13-9-16/h1-13H. The molecule has 0 aliphatic carbocycles. The molecule has 3 aromatic carbocycles. The van der Waals surface area contributed by atoms with Crippen LogP contribution in [0.2, 0.25) is 15.1 Å². The molecule has 5 heteroatoms. The number of hydrogen-bond acceptors (Lipinski definition) is 2. The number of ketones is 1. The Hall–Kier alpha value is -2.52. The molecule has 0 spiro atoms. The predicted molar refractivity (Wildman–Crippen MR) is 114 cm³/mol. The van der Waals surface area contributed by atoms with E-state index in [1.165, 1.54) is 0 Å². The molecule has 4 aromatic rings. The van der Waals surface area contributed by atoms with Crippen molar-refractivity contribution in [3.63, 3.8) is 0 Å². The molecule has 0 saturated carbocycles. The summed E-state index contributed by atoms with van der Waals surface area (Å²) in [6, 6.07) is 23.2. The van der Waals surface area contributed by atoms with E-state index in [-0.39, 0.29) is 11.5 Å². The minimum Gasteiger partial charge on any atom is -0.450 e. The highest BCUT2D eigenvalue weighted by molar-refractivity contribution is 6.37. The van der Waals surface area contributed by atoms with E-state index in [4.69, 9.17) is 39.2 Å². The van der Waals surface area contributed by atoms with Crippen LogP contribution in [0.3, 0.4) is 0 Å². The molecule has 0 aliphatic heterocycles. The molecule has 0 radical (unpaired) electrons. The lowest BCUT2D eigenvalue weighted by molar-refractivity contribution is 0.101. The van der Waals surface area contributed by atoms with Crippen LogP contribution in [0.1, 0.15) is 16.1 Å². The topological polar surface area (TPSA) is 30.2 Å². The highest BCUT2D eigenvalue weighted by Crippen LogP contribution is 2.42. The fraction of sp³-hybridized carbons (Fsp3) is 0. The maximum absolute atomic E-state index is 13.2. The maximum atomic E-state index is 13.2. The van der Waals surface area contributed by atoms with E-state index < -0.39 is 0 Å². The molecule has 1 aromatic heterocycles. The predicted octanol–water partition coefficient (Wildman–Crippen LogP) is 7.80. The Morgan fingerprint density at radius 2 is 1.25 bits per heavy atom. The number of furan rings is 1. The summed E-state index contributed by atoms with van der Waals surface area (Å²) < 4.78 is 6.01. The van der Waals surface area contributed by atoms with Crippen molar-refractivity contribution >= 4 is 40.6 Å². The summed E-state index contributed by atoms with van der Waals surface area (Å²) in [6.07, 6.45) is 0. The monoisotopic (exact) mass is 426 g/mol. The second-order valence-electron chi connectivity index (χ2n) is 6.16. The van der Waals surface area contributed by atoms with Gasteiger partial charge in [-0.2, -0.15) is 0 Å². The van der Waals surface area contributed by atoms with Gasteiger partial charge < -0.3 is 4.42 Å². The van der Waals surface area contributed by atoms with Gasteiger partial charge in [0.25, 0.3) is 0 Å². The van der Waals surface area contributed by atoms with Crippen molar-refractivity contribution in [3.8, 4) is 22.5 Å². The summed E-state index contributed by atoms with van der Waals surface area (Å²) in [5.74, 6) is 0.343. The van der Waals surface area contributed by atoms with Gasteiger partial charge in [0.2, 0.25) is 5.78 Å². The van der Waals surface area contributed by atoms with Crippen LogP contribution in [0, 0.1) is 0 Å². The van der Waals surface area contributed by atoms with E-state index in [9.17, 15) is 4.79 Å². The molecule has 0 bridgehead atoms. The van der Waals surface area contributed by atoms with E-state index >= 15 is 0 Å². The van der Waals surface area contributed by atoms with Crippen LogP contribution in [0.5, 0.6) is 0 Å². The first-order chi connectivity index (χ1) is 13.5. The highest BCUT2D eigenvalue weighted by atomic mass is 35.5. The van der Waals surface area contributed by atoms with Gasteiger partial charge in [0.15, 0.2) is 11.5 Å². The number of rotatable bonds is 4. The third-order valence-corrected chi connectivity index (χ3v) is 5.20. The van der Waals surface area contributed by atoms with Crippen molar-refractivity contribution in [2.45, 2.75) is 0 Å². The number of halogens is 3. The first-order valence-electron chi connectivity index (χ1n) is 8.48. The first-order valence-corrected chi connectivity index (χ1v) is 9.62. The largest absolute Gasteiger partial charge is 0.450 e. The van der Waals surface area contributed by atoms with E-state index in [2.05, 4.69) is 0 Å². The van der Waals surface area contributed by atoms with Gasteiger partial charge in [0.1, 0.15) is 0 Å². The van der Waals surface area contributed by atoms with Crippen LogP contribution in [0.4, 0.5) is 0 Å². The van der Waals surface area contributed by atoms with Crippen LogP contribution < -0.4 is 0 Å². The summed E-state index contributed by atoms with van der Waals surface area (Å²) in [6.45, 7) is 0. The Morgan fingerprint density at radius 3 is 1.86 bits per heavy atom. The van der Waals surface area contributed by atoms with Gasteiger partial charge in [-0.05, 0) is 54.1 Å². The molecule has 4 rings (SSSR count). The van der Waals surface area contributed by atoms with Gasteiger partial charge in [0.05, 0.1) is 10.6 Å². The van der Waals surface area contributed by atoms with E-state index in [1.807, 2.05) is 30.3 Å². The molecule has 0 amide bonds. The van der Waals surface area contributed by atoms with Gasteiger partial charge in [-0.1, -0.05) is 65.1 Å². The lowest BCUT2D eigenvalue weighted by Gasteiger charge is -2.03. The molecule has 0 saturated heterocycles. The Bertz CT molecular complexity index is 1130. The lowest BCUT2D eigenvalue weighted by atomic mass is 10.00. The molecular weight excluding hydrogens is 415 g/mol. The van der Waals surface area contributed by atoms with Crippen LogP contribution in [-0.4, -0.2) is 5.78 Å². The lowest BCUT2D eigenvalue weighted by Crippen LogP contribution is -2.01. The molecule has 0 N–H and O–H groups in total. The van der Waals surface area contributed by atoms with Crippen molar-refractivity contribution in [1.29, 1.82) is 0 Å². The average molecular weight is 428 g/mol. The normalized spacial score (nSPS) is 10.8. The molecule has 1 heterocycles. The van der Waals surface area contributed by atoms with E-state index in [1.54, 1.807) is 48.5 Å². The highest BCUT2D eigenvalue weighted by Gasteiger charge is 2.26. The summed E-state index contributed by atoms with van der Waals surface area (Å²) in [4.78, 5) is 13.2. The summed E-state index contributed by atoms with van der Waals surface area (Å²) in [5.41, 5.74) is 2.57. The fourth-order valence-electron chi connectivity index (χ4n) is 2.95. The van der Waals surface area contributed by atoms with Crippen molar-refractivity contribution in [2.24, 2.45) is 0 Å². The van der Waals surface area contributed by atoms with Crippen molar-refractivity contribution in [1.82, 2.24) is 0 Å². The molecule has 0 fully saturated rings. The first kappa shape index (κ1) is 18.8. The van der Waals surface area contributed by atoms with Crippen molar-refractivity contribution in [2.75, 3.05) is 0 Å². The third-order valence-electron chi connectivity index (χ3n) is 4.33. The zero-order valence-corrected chi connectivity index (χ0v) is 16.7. The van der Waals surface area contributed by atoms with E-state index in [0.29, 0.717) is 32.0 Å². The van der Waals surface area contributed by atoms with Gasteiger partial charge in [-0.25, -0.2) is 0 Å². The summed E-state index contributed by atoms with van der Waals surface area (Å²) in [7, 11) is 0. The summed E-state index contributed by atoms with van der Waals surface area (Å²) in [5, 5.41) is 1.54. The summed E-state index contributed by atoms with van der Waals surface area (Å²) >= 11 is 18.6. The van der Waals surface area contributed by atoms with Crippen molar-refractivity contribution < 1.29 is 9.21 Å². The third kappa shape index (κ3) is 3.59. The van der Waals surface area contributed by atoms with Crippen LogP contribution in [0.15, 0.2) is 83.3 Å². The van der Waals surface area contributed by atoms with Crippen molar-refractivity contribution in [3.05, 3.63) is 105 Å². The fourth-order valence-corrected chi connectivity index (χ4v) is 3.55. The van der Waals surface area contributed by atoms with Gasteiger partial charge in [0, 0.05) is 21.2 Å². The molecule has 0 aliphatic rings. The van der Waals surface area contributed by atoms with Crippen LogP contribution in [0.25, 0.3) is 22.5 Å². The molecule has 0 atom stereocenters. The minimum atomic E-state index is -0.266. The Labute approximate surface area is 177 Å². The molecule has 138 valence electrons. The van der Waals surface area contributed by atoms with Crippen LogP contribution >= 0.6 is 34.8 Å². The zero-order chi connectivity index (χ0) is 19.7. The van der Waals surface area contributed by atoms with Crippen LogP contribution in [-0.2, 0) is 0 Å². The van der Waals surface area contributed by atoms with Gasteiger partial charge >= 0.3 is 0 Å². The molecular formula is C23H13Cl3O2. The van der Waals surface area contributed by atoms with Gasteiger partial charge in [-0.3, -0.25) is 4.79 Å². The average Bonchev–Trinajstić information content (AvgIpc) is 3.06. The second-order valence-corrected chi connectivity index (χ2v) is 7.41. The second kappa shape index (κ2) is 7.84. The number of carbonyl (C=O) groups is 1. The zero-order valence-electron chi connectivity index (χ0n) is 14.5. The molecule has 0 unspecified atom stereocenters. The number of benzene rings is 3. The quantitative estimate of drug-likeness (QED) is 0.311. The van der Waals surface area contributed by atoms with E-state index in [0.717, 1.165) is 11.1 Å². The smallest absolute Gasteiger partial charge is 0.228 e. The number of hydrogen-bond donors (Lipinski definition) is 0. The van der Waals surface area contributed by atoms with Gasteiger partial charge in [-0.15, -0.1) is 0 Å². The molecule has 2 nitrogen and oxygen atoms in total. The number of carbonyl (C=O) groups excluding carboxylic acids is 1. The SMILES string of the molecule is O=C(c1ccc(Cl)cc1)c1oc(-c2ccc(Cl)cc2)c(Cl)c1-c1ccccc1.